The largest absolute Gasteiger partial charge is 0.480 e. The van der Waals surface area contributed by atoms with Gasteiger partial charge in [-0.05, 0) is 32.7 Å². The van der Waals surface area contributed by atoms with Gasteiger partial charge < -0.3 is 38.3 Å². The number of hydrogen-bond acceptors (Lipinski definition) is 8. The monoisotopic (exact) mass is 434 g/mol. The van der Waals surface area contributed by atoms with Crippen LogP contribution in [0.2, 0.25) is 0 Å². The molecule has 4 atom stereocenters. The molecule has 0 aliphatic rings. The van der Waals surface area contributed by atoms with Gasteiger partial charge in [-0.15, -0.1) is 0 Å². The number of aliphatic carboxylic acids is 1. The molecule has 0 aliphatic carbocycles. The third kappa shape index (κ3) is 10.7. The zero-order valence-corrected chi connectivity index (χ0v) is 17.1. The van der Waals surface area contributed by atoms with Crippen LogP contribution in [0.25, 0.3) is 0 Å². The molecule has 0 aromatic rings. The first-order chi connectivity index (χ1) is 13.5. The summed E-state index contributed by atoms with van der Waals surface area (Å²) >= 11 is 3.98. The van der Waals surface area contributed by atoms with Crippen LogP contribution in [0.3, 0.4) is 0 Å². The molecule has 10 N–H and O–H groups in total. The maximum atomic E-state index is 12.5. The number of hydrogen-bond donors (Lipinski definition) is 8. The minimum Gasteiger partial charge on any atom is -0.480 e. The van der Waals surface area contributed by atoms with Gasteiger partial charge in [0.25, 0.3) is 0 Å². The number of unbranched alkanes of at least 4 members (excludes halogenated alkanes) is 1. The van der Waals surface area contributed by atoms with E-state index in [1.807, 2.05) is 0 Å². The van der Waals surface area contributed by atoms with Crippen LogP contribution in [0.5, 0.6) is 0 Å². The lowest BCUT2D eigenvalue weighted by Gasteiger charge is -2.23. The number of nitrogens with two attached hydrogens (primary N) is 3. The maximum Gasteiger partial charge on any atom is 0.326 e. The molecule has 0 spiro atoms. The van der Waals surface area contributed by atoms with E-state index < -0.39 is 60.2 Å². The van der Waals surface area contributed by atoms with Gasteiger partial charge in [0.1, 0.15) is 18.1 Å². The third-order valence-corrected chi connectivity index (χ3v) is 4.19. The number of carboxylic acid groups (broad SMARTS) is 1. The highest BCUT2D eigenvalue weighted by Crippen LogP contribution is 2.03. The molecule has 0 saturated carbocycles. The summed E-state index contributed by atoms with van der Waals surface area (Å²) in [5.41, 5.74) is 15.9. The number of carbonyl (C=O) groups is 5. The van der Waals surface area contributed by atoms with Gasteiger partial charge in [-0.3, -0.25) is 19.2 Å². The van der Waals surface area contributed by atoms with E-state index in [9.17, 15) is 29.1 Å². The molecule has 4 amide bonds. The molecule has 0 bridgehead atoms. The number of amides is 4. The van der Waals surface area contributed by atoms with Crippen LogP contribution in [-0.2, 0) is 24.0 Å². The van der Waals surface area contributed by atoms with Crippen LogP contribution >= 0.6 is 12.6 Å². The predicted molar refractivity (Wildman–Crippen MR) is 108 cm³/mol. The molecule has 0 radical (unpaired) electrons. The topological polar surface area (TPSA) is 220 Å². The Morgan fingerprint density at radius 1 is 0.931 bits per heavy atom. The fourth-order valence-electron chi connectivity index (χ4n) is 2.20. The lowest BCUT2D eigenvalue weighted by Crippen LogP contribution is -2.58. The Kier molecular flexibility index (Phi) is 12.6. The fourth-order valence-corrected chi connectivity index (χ4v) is 2.46. The molecule has 0 saturated heterocycles. The van der Waals surface area contributed by atoms with Crippen molar-refractivity contribution in [2.45, 2.75) is 56.8 Å². The van der Waals surface area contributed by atoms with Crippen LogP contribution in [0, 0.1) is 0 Å². The highest BCUT2D eigenvalue weighted by molar-refractivity contribution is 7.80. The first-order valence-electron chi connectivity index (χ1n) is 9.02. The molecule has 0 aromatic carbocycles. The minimum atomic E-state index is -1.43. The van der Waals surface area contributed by atoms with Crippen molar-refractivity contribution in [3.05, 3.63) is 0 Å². The van der Waals surface area contributed by atoms with E-state index in [1.165, 1.54) is 6.92 Å². The summed E-state index contributed by atoms with van der Waals surface area (Å²) in [5.74, 6) is -4.56. The van der Waals surface area contributed by atoms with Crippen molar-refractivity contribution < 1.29 is 29.1 Å². The highest BCUT2D eigenvalue weighted by Gasteiger charge is 2.30. The van der Waals surface area contributed by atoms with Crippen LogP contribution in [0.4, 0.5) is 0 Å². The van der Waals surface area contributed by atoms with E-state index >= 15 is 0 Å². The number of nitrogens with one attached hydrogen (secondary N) is 3. The highest BCUT2D eigenvalue weighted by atomic mass is 32.1. The molecule has 0 heterocycles. The third-order valence-electron chi connectivity index (χ3n) is 3.83. The second-order valence-electron chi connectivity index (χ2n) is 6.45. The molecular formula is C16H30N6O6S. The van der Waals surface area contributed by atoms with Crippen molar-refractivity contribution >= 4 is 42.2 Å². The molecule has 166 valence electrons. The molecule has 0 rings (SSSR count). The summed E-state index contributed by atoms with van der Waals surface area (Å²) in [4.78, 5) is 59.2. The average Bonchev–Trinajstić information content (AvgIpc) is 2.63. The van der Waals surface area contributed by atoms with E-state index in [-0.39, 0.29) is 12.2 Å². The SMILES string of the molecule is CC(N)C(=O)NC(CS)C(=O)NC(CC(N)=O)C(=O)NC(CCCCN)C(=O)O. The van der Waals surface area contributed by atoms with Gasteiger partial charge in [-0.1, -0.05) is 0 Å². The summed E-state index contributed by atoms with van der Waals surface area (Å²) in [5, 5.41) is 16.2. The smallest absolute Gasteiger partial charge is 0.326 e. The Labute approximate surface area is 174 Å². The van der Waals surface area contributed by atoms with Crippen LogP contribution < -0.4 is 33.2 Å². The molecule has 0 aromatic heterocycles. The Bertz CT molecular complexity index is 602. The average molecular weight is 435 g/mol. The number of carbonyl (C=O) groups excluding carboxylic acids is 4. The summed E-state index contributed by atoms with van der Waals surface area (Å²) in [6, 6.07) is -4.65. The van der Waals surface area contributed by atoms with Gasteiger partial charge in [0.05, 0.1) is 12.5 Å². The molecule has 4 unspecified atom stereocenters. The van der Waals surface area contributed by atoms with E-state index in [1.54, 1.807) is 0 Å². The van der Waals surface area contributed by atoms with Crippen LogP contribution in [-0.4, -0.2) is 71.2 Å². The fraction of sp³-hybridized carbons (Fsp3) is 0.688. The first kappa shape index (κ1) is 26.6. The van der Waals surface area contributed by atoms with Crippen LogP contribution in [0.15, 0.2) is 0 Å². The van der Waals surface area contributed by atoms with Gasteiger partial charge in [0.2, 0.25) is 23.6 Å². The zero-order chi connectivity index (χ0) is 22.6. The number of primary amides is 1. The second kappa shape index (κ2) is 13.7. The minimum absolute atomic E-state index is 0.105. The van der Waals surface area contributed by atoms with Gasteiger partial charge in [0.15, 0.2) is 0 Å². The zero-order valence-electron chi connectivity index (χ0n) is 16.2. The Morgan fingerprint density at radius 3 is 1.90 bits per heavy atom. The van der Waals surface area contributed by atoms with Gasteiger partial charge in [0, 0.05) is 5.75 Å². The van der Waals surface area contributed by atoms with Crippen LogP contribution in [0.1, 0.15) is 32.6 Å². The molecular weight excluding hydrogens is 404 g/mol. The molecule has 12 nitrogen and oxygen atoms in total. The molecule has 0 aliphatic heterocycles. The lowest BCUT2D eigenvalue weighted by molar-refractivity contribution is -0.142. The summed E-state index contributed by atoms with van der Waals surface area (Å²) in [7, 11) is 0. The van der Waals surface area contributed by atoms with Gasteiger partial charge in [-0.2, -0.15) is 12.6 Å². The Morgan fingerprint density at radius 2 is 1.45 bits per heavy atom. The summed E-state index contributed by atoms with van der Waals surface area (Å²) in [6.45, 7) is 1.79. The van der Waals surface area contributed by atoms with E-state index in [4.69, 9.17) is 17.2 Å². The van der Waals surface area contributed by atoms with Gasteiger partial charge in [-0.25, -0.2) is 4.79 Å². The van der Waals surface area contributed by atoms with Crippen molar-refractivity contribution in [1.29, 1.82) is 0 Å². The number of thiol groups is 1. The lowest BCUT2D eigenvalue weighted by atomic mass is 10.1. The molecule has 29 heavy (non-hydrogen) atoms. The van der Waals surface area contributed by atoms with E-state index in [2.05, 4.69) is 28.6 Å². The quantitative estimate of drug-likeness (QED) is 0.102. The van der Waals surface area contributed by atoms with E-state index in [0.717, 1.165) is 0 Å². The van der Waals surface area contributed by atoms with Crippen molar-refractivity contribution in [2.75, 3.05) is 12.3 Å². The standard InChI is InChI=1S/C16H30N6O6S/c1-8(18)13(24)22-11(7-29)15(26)21-10(6-12(19)23)14(25)20-9(16(27)28)4-2-3-5-17/h8-11,29H,2-7,17-18H2,1H3,(H2,19,23)(H,20,25)(H,21,26)(H,22,24)(H,27,28). The molecule has 0 fully saturated rings. The Balaban J connectivity index is 5.18. The van der Waals surface area contributed by atoms with Crippen molar-refractivity contribution in [1.82, 2.24) is 16.0 Å². The predicted octanol–water partition coefficient (Wildman–Crippen LogP) is -3.19. The van der Waals surface area contributed by atoms with E-state index in [0.29, 0.717) is 19.4 Å². The van der Waals surface area contributed by atoms with Crippen molar-refractivity contribution in [3.8, 4) is 0 Å². The number of carboxylic acids is 1. The number of rotatable bonds is 14. The summed E-state index contributed by atoms with van der Waals surface area (Å²) < 4.78 is 0. The van der Waals surface area contributed by atoms with Gasteiger partial charge >= 0.3 is 5.97 Å². The second-order valence-corrected chi connectivity index (χ2v) is 6.81. The molecule has 13 heteroatoms. The normalized spacial score (nSPS) is 14.8. The van der Waals surface area contributed by atoms with Crippen molar-refractivity contribution in [2.24, 2.45) is 17.2 Å². The maximum absolute atomic E-state index is 12.5. The first-order valence-corrected chi connectivity index (χ1v) is 9.65. The van der Waals surface area contributed by atoms with Crippen molar-refractivity contribution in [3.63, 3.8) is 0 Å². The summed E-state index contributed by atoms with van der Waals surface area (Å²) in [6.07, 6.45) is 0.599. The Hall–Kier alpha value is -2.38.